The van der Waals surface area contributed by atoms with Gasteiger partial charge in [0.05, 0.1) is 24.0 Å². The molecule has 4 fully saturated rings. The molecule has 4 aliphatic rings. The molecule has 4 aliphatic heterocycles. The van der Waals surface area contributed by atoms with Crippen LogP contribution in [0.3, 0.4) is 0 Å². The summed E-state index contributed by atoms with van der Waals surface area (Å²) in [6, 6.07) is 0.0908. The first-order chi connectivity index (χ1) is 10.6. The minimum atomic E-state index is -0.348. The zero-order chi connectivity index (χ0) is 15.4. The van der Waals surface area contributed by atoms with Crippen LogP contribution in [0.2, 0.25) is 0 Å². The Bertz CT molecular complexity index is 509. The van der Waals surface area contributed by atoms with Crippen LogP contribution in [0.1, 0.15) is 19.8 Å². The van der Waals surface area contributed by atoms with Crippen molar-refractivity contribution in [3.8, 4) is 0 Å². The minimum Gasteiger partial charge on any atom is -0.373 e. The van der Waals surface area contributed by atoms with Crippen molar-refractivity contribution in [1.82, 2.24) is 15.1 Å². The number of hydrogen-bond acceptors (Lipinski definition) is 5. The van der Waals surface area contributed by atoms with E-state index in [4.69, 9.17) is 4.74 Å². The highest BCUT2D eigenvalue weighted by molar-refractivity contribution is 6.08. The van der Waals surface area contributed by atoms with E-state index in [-0.39, 0.29) is 54.4 Å². The summed E-state index contributed by atoms with van der Waals surface area (Å²) < 4.78 is 5.69. The van der Waals surface area contributed by atoms with Crippen LogP contribution in [0, 0.1) is 11.8 Å². The predicted molar refractivity (Wildman–Crippen MR) is 75.6 cm³/mol. The second kappa shape index (κ2) is 5.03. The summed E-state index contributed by atoms with van der Waals surface area (Å²) in [5.41, 5.74) is 0. The van der Waals surface area contributed by atoms with Crippen molar-refractivity contribution in [2.24, 2.45) is 11.8 Å². The molecular formula is C15H21N3O4. The lowest BCUT2D eigenvalue weighted by Crippen LogP contribution is -2.55. The molecule has 0 aromatic rings. The monoisotopic (exact) mass is 307 g/mol. The van der Waals surface area contributed by atoms with E-state index < -0.39 is 0 Å². The zero-order valence-electron chi connectivity index (χ0n) is 12.7. The van der Waals surface area contributed by atoms with Gasteiger partial charge in [0.15, 0.2) is 0 Å². The van der Waals surface area contributed by atoms with Gasteiger partial charge in [0.1, 0.15) is 6.54 Å². The van der Waals surface area contributed by atoms with Crippen LogP contribution in [0.4, 0.5) is 0 Å². The lowest BCUT2D eigenvalue weighted by atomic mass is 9.81. The number of ether oxygens (including phenoxy) is 1. The first kappa shape index (κ1) is 14.1. The number of likely N-dealkylation sites (tertiary alicyclic amines) is 1. The van der Waals surface area contributed by atoms with Crippen LogP contribution >= 0.6 is 0 Å². The number of carbonyl (C=O) groups excluding carboxylic acids is 3. The molecule has 4 heterocycles. The molecule has 120 valence electrons. The number of nitrogens with one attached hydrogen (secondary N) is 1. The number of carbonyl (C=O) groups is 3. The molecule has 7 nitrogen and oxygen atoms in total. The van der Waals surface area contributed by atoms with Gasteiger partial charge in [-0.1, -0.05) is 0 Å². The van der Waals surface area contributed by atoms with Crippen LogP contribution in [0.15, 0.2) is 0 Å². The van der Waals surface area contributed by atoms with Gasteiger partial charge in [0, 0.05) is 25.7 Å². The highest BCUT2D eigenvalue weighted by atomic mass is 16.5. The van der Waals surface area contributed by atoms with Gasteiger partial charge in [-0.2, -0.15) is 0 Å². The Labute approximate surface area is 128 Å². The highest BCUT2D eigenvalue weighted by Crippen LogP contribution is 2.48. The average Bonchev–Trinajstić information content (AvgIpc) is 3.17. The Morgan fingerprint density at radius 3 is 2.45 bits per heavy atom. The van der Waals surface area contributed by atoms with E-state index in [1.165, 1.54) is 4.90 Å². The summed E-state index contributed by atoms with van der Waals surface area (Å²) in [4.78, 5) is 40.5. The molecular weight excluding hydrogens is 286 g/mol. The third-order valence-electron chi connectivity index (χ3n) is 5.49. The average molecular weight is 307 g/mol. The van der Waals surface area contributed by atoms with Gasteiger partial charge in [0.2, 0.25) is 17.7 Å². The van der Waals surface area contributed by atoms with E-state index in [9.17, 15) is 14.4 Å². The third kappa shape index (κ3) is 1.91. The Kier molecular flexibility index (Phi) is 3.23. The number of amides is 3. The van der Waals surface area contributed by atoms with E-state index in [1.54, 1.807) is 4.90 Å². The fraction of sp³-hybridized carbons (Fsp3) is 0.800. The summed E-state index contributed by atoms with van der Waals surface area (Å²) in [6.45, 7) is 3.98. The van der Waals surface area contributed by atoms with Crippen molar-refractivity contribution >= 4 is 17.7 Å². The van der Waals surface area contributed by atoms with Crippen LogP contribution in [-0.2, 0) is 19.1 Å². The lowest BCUT2D eigenvalue weighted by molar-refractivity contribution is -0.149. The first-order valence-electron chi connectivity index (χ1n) is 8.09. The fourth-order valence-electron chi connectivity index (χ4n) is 4.37. The molecule has 4 rings (SSSR count). The Morgan fingerprint density at radius 1 is 1.23 bits per heavy atom. The van der Waals surface area contributed by atoms with E-state index >= 15 is 0 Å². The molecule has 7 heteroatoms. The maximum atomic E-state index is 12.5. The number of hydrogen-bond donors (Lipinski definition) is 1. The molecule has 5 atom stereocenters. The quantitative estimate of drug-likeness (QED) is 0.660. The van der Waals surface area contributed by atoms with Crippen LogP contribution < -0.4 is 5.32 Å². The van der Waals surface area contributed by atoms with Gasteiger partial charge in [0.25, 0.3) is 0 Å². The van der Waals surface area contributed by atoms with Gasteiger partial charge < -0.3 is 15.0 Å². The molecule has 0 saturated carbocycles. The van der Waals surface area contributed by atoms with Crippen molar-refractivity contribution in [2.45, 2.75) is 38.0 Å². The van der Waals surface area contributed by atoms with Gasteiger partial charge in [-0.15, -0.1) is 0 Å². The summed E-state index contributed by atoms with van der Waals surface area (Å²) in [5, 5.41) is 3.22. The second-order valence-electron chi connectivity index (χ2n) is 6.74. The number of nitrogens with zero attached hydrogens (tertiary/aromatic N) is 2. The molecule has 2 bridgehead atoms. The van der Waals surface area contributed by atoms with Gasteiger partial charge in [-0.05, 0) is 19.8 Å². The van der Waals surface area contributed by atoms with Crippen LogP contribution in [0.25, 0.3) is 0 Å². The lowest BCUT2D eigenvalue weighted by Gasteiger charge is -2.34. The van der Waals surface area contributed by atoms with Crippen molar-refractivity contribution < 1.29 is 19.1 Å². The number of imide groups is 1. The molecule has 1 N–H and O–H groups in total. The molecule has 3 amide bonds. The molecule has 0 aromatic carbocycles. The Balaban J connectivity index is 1.48. The predicted octanol–water partition coefficient (Wildman–Crippen LogP) is -1.03. The fourth-order valence-corrected chi connectivity index (χ4v) is 4.37. The number of piperazine rings is 1. The zero-order valence-corrected chi connectivity index (χ0v) is 12.7. The van der Waals surface area contributed by atoms with E-state index in [1.807, 2.05) is 6.92 Å². The largest absolute Gasteiger partial charge is 0.373 e. The first-order valence-corrected chi connectivity index (χ1v) is 8.09. The standard InChI is InChI=1S/C15H21N3O4/c1-8-6-16-4-5-17(8)11(19)7-18-14(20)12-9-2-3-10(22-9)13(12)15(18)21/h8-10,12-13,16H,2-7H2,1H3/t8-,9?,10?,12?,13?/m1/s1. The number of rotatable bonds is 2. The summed E-state index contributed by atoms with van der Waals surface area (Å²) >= 11 is 0. The third-order valence-corrected chi connectivity index (χ3v) is 5.49. The Morgan fingerprint density at radius 2 is 1.86 bits per heavy atom. The highest BCUT2D eigenvalue weighted by Gasteiger charge is 2.62. The van der Waals surface area contributed by atoms with E-state index in [2.05, 4.69) is 5.32 Å². The Hall–Kier alpha value is -1.47. The van der Waals surface area contributed by atoms with E-state index in [0.29, 0.717) is 6.54 Å². The molecule has 4 unspecified atom stereocenters. The van der Waals surface area contributed by atoms with Crippen LogP contribution in [0.5, 0.6) is 0 Å². The maximum absolute atomic E-state index is 12.5. The van der Waals surface area contributed by atoms with Crippen molar-refractivity contribution in [1.29, 1.82) is 0 Å². The summed E-state index contributed by atoms with van der Waals surface area (Å²) in [6.07, 6.45) is 1.46. The molecule has 4 saturated heterocycles. The molecule has 0 aliphatic carbocycles. The van der Waals surface area contributed by atoms with Crippen molar-refractivity contribution in [2.75, 3.05) is 26.2 Å². The second-order valence-corrected chi connectivity index (χ2v) is 6.74. The summed E-state index contributed by atoms with van der Waals surface area (Å²) in [7, 11) is 0. The molecule has 0 spiro atoms. The summed E-state index contributed by atoms with van der Waals surface area (Å²) in [5.74, 6) is -1.25. The van der Waals surface area contributed by atoms with Crippen LogP contribution in [-0.4, -0.2) is 72.0 Å². The van der Waals surface area contributed by atoms with Gasteiger partial charge in [-0.25, -0.2) is 0 Å². The molecule has 22 heavy (non-hydrogen) atoms. The molecule has 0 radical (unpaired) electrons. The minimum absolute atomic E-state index is 0.0908. The normalized spacial score (nSPS) is 40.5. The SMILES string of the molecule is C[C@@H]1CNCCN1C(=O)CN1C(=O)C2C3CCC(O3)C2C1=O. The van der Waals surface area contributed by atoms with Gasteiger partial charge in [-0.3, -0.25) is 19.3 Å². The smallest absolute Gasteiger partial charge is 0.243 e. The van der Waals surface area contributed by atoms with Crippen molar-refractivity contribution in [3.63, 3.8) is 0 Å². The van der Waals surface area contributed by atoms with E-state index in [0.717, 1.165) is 25.9 Å². The molecule has 0 aromatic heterocycles. The topological polar surface area (TPSA) is 79.0 Å². The van der Waals surface area contributed by atoms with Crippen molar-refractivity contribution in [3.05, 3.63) is 0 Å². The number of fused-ring (bicyclic) bond motifs is 5. The maximum Gasteiger partial charge on any atom is 0.243 e. The van der Waals surface area contributed by atoms with Gasteiger partial charge >= 0.3 is 0 Å².